The van der Waals surface area contributed by atoms with Crippen molar-refractivity contribution in [1.29, 1.82) is 0 Å². The van der Waals surface area contributed by atoms with E-state index in [1.165, 1.54) is 17.4 Å². The molecule has 2 atom stereocenters. The number of piperidine rings is 1. The number of halogens is 3. The summed E-state index contributed by atoms with van der Waals surface area (Å²) < 4.78 is 13.9. The molecule has 1 aliphatic heterocycles. The van der Waals surface area contributed by atoms with Gasteiger partial charge in [0.15, 0.2) is 0 Å². The van der Waals surface area contributed by atoms with E-state index in [2.05, 4.69) is 11.9 Å². The maximum Gasteiger partial charge on any atom is 0.273 e. The summed E-state index contributed by atoms with van der Waals surface area (Å²) >= 11 is 1.29. The molecule has 0 radical (unpaired) electrons. The third-order valence-corrected chi connectivity index (χ3v) is 5.21. The Balaban J connectivity index is 0.00000156. The highest BCUT2D eigenvalue weighted by molar-refractivity contribution is 7.13. The van der Waals surface area contributed by atoms with E-state index in [9.17, 15) is 9.18 Å². The Morgan fingerprint density at radius 1 is 1.40 bits per heavy atom. The minimum absolute atomic E-state index is 0. The van der Waals surface area contributed by atoms with Gasteiger partial charge in [0.2, 0.25) is 0 Å². The van der Waals surface area contributed by atoms with Crippen LogP contribution in [0, 0.1) is 11.7 Å². The predicted octanol–water partition coefficient (Wildman–Crippen LogP) is 3.99. The van der Waals surface area contributed by atoms with Gasteiger partial charge < -0.3 is 10.6 Å². The molecule has 2 aromatic rings. The fraction of sp³-hybridized carbons (Fsp3) is 0.412. The molecule has 1 aromatic carbocycles. The van der Waals surface area contributed by atoms with Gasteiger partial charge in [-0.3, -0.25) is 4.79 Å². The molecule has 1 amide bonds. The summed E-state index contributed by atoms with van der Waals surface area (Å²) in [6, 6.07) is 6.53. The number of aromatic nitrogens is 1. The monoisotopic (exact) mass is 405 g/mol. The van der Waals surface area contributed by atoms with E-state index in [1.807, 2.05) is 4.90 Å². The van der Waals surface area contributed by atoms with E-state index in [-0.39, 0.29) is 42.6 Å². The van der Waals surface area contributed by atoms with Gasteiger partial charge in [-0.05, 0) is 30.9 Å². The summed E-state index contributed by atoms with van der Waals surface area (Å²) in [5, 5.41) is 2.23. The van der Waals surface area contributed by atoms with E-state index in [0.29, 0.717) is 35.3 Å². The smallest absolute Gasteiger partial charge is 0.273 e. The zero-order chi connectivity index (χ0) is 16.4. The Kier molecular flexibility index (Phi) is 8.28. The number of nitrogens with two attached hydrogens (primary N) is 1. The first-order chi connectivity index (χ1) is 11.1. The van der Waals surface area contributed by atoms with Crippen LogP contribution in [0.5, 0.6) is 0 Å². The van der Waals surface area contributed by atoms with Crippen LogP contribution in [0.15, 0.2) is 29.6 Å². The fourth-order valence-corrected chi connectivity index (χ4v) is 3.84. The Morgan fingerprint density at radius 3 is 2.80 bits per heavy atom. The molecule has 138 valence electrons. The molecule has 25 heavy (non-hydrogen) atoms. The normalized spacial score (nSPS) is 19.7. The quantitative estimate of drug-likeness (QED) is 0.839. The summed E-state index contributed by atoms with van der Waals surface area (Å²) in [5.41, 5.74) is 6.63. The van der Waals surface area contributed by atoms with Crippen molar-refractivity contribution in [2.24, 2.45) is 11.7 Å². The lowest BCUT2D eigenvalue weighted by molar-refractivity contribution is 0.0568. The summed E-state index contributed by atoms with van der Waals surface area (Å²) in [4.78, 5) is 18.9. The van der Waals surface area contributed by atoms with Crippen molar-refractivity contribution in [3.8, 4) is 10.6 Å². The van der Waals surface area contributed by atoms with Crippen LogP contribution in [-0.2, 0) is 0 Å². The molecule has 4 nitrogen and oxygen atoms in total. The number of amides is 1. The number of nitrogens with zero attached hydrogens (tertiary/aromatic N) is 2. The second-order valence-electron chi connectivity index (χ2n) is 6.04. The first-order valence-corrected chi connectivity index (χ1v) is 8.69. The topological polar surface area (TPSA) is 59.2 Å². The molecule has 1 saturated heterocycles. The minimum Gasteiger partial charge on any atom is -0.333 e. The van der Waals surface area contributed by atoms with E-state index in [0.717, 1.165) is 12.8 Å². The van der Waals surface area contributed by atoms with Gasteiger partial charge in [0, 0.05) is 30.1 Å². The van der Waals surface area contributed by atoms with E-state index >= 15 is 0 Å². The van der Waals surface area contributed by atoms with Crippen molar-refractivity contribution in [1.82, 2.24) is 9.88 Å². The highest BCUT2D eigenvalue weighted by Crippen LogP contribution is 2.28. The molecule has 0 aliphatic carbocycles. The van der Waals surface area contributed by atoms with E-state index < -0.39 is 0 Å². The number of benzene rings is 1. The van der Waals surface area contributed by atoms with Crippen LogP contribution in [0.25, 0.3) is 10.6 Å². The second-order valence-corrected chi connectivity index (χ2v) is 6.89. The van der Waals surface area contributed by atoms with Crippen molar-refractivity contribution >= 4 is 42.1 Å². The standard InChI is InChI=1S/C17H20FN3OS.2ClH/c1-11-6-7-21(12(8-11)9-19)17(22)15-10-23-16(20-15)13-4-2-3-5-14(13)18;;/h2-5,10-12H,6-9,19H2,1H3;2*1H. The van der Waals surface area contributed by atoms with E-state index in [4.69, 9.17) is 5.73 Å². The Morgan fingerprint density at radius 2 is 2.12 bits per heavy atom. The number of likely N-dealkylation sites (tertiary alicyclic amines) is 1. The average Bonchev–Trinajstić information content (AvgIpc) is 3.04. The molecule has 2 N–H and O–H groups in total. The molecule has 0 bridgehead atoms. The predicted molar refractivity (Wildman–Crippen MR) is 104 cm³/mol. The lowest BCUT2D eigenvalue weighted by Crippen LogP contribution is -2.49. The maximum absolute atomic E-state index is 13.9. The molecule has 1 aliphatic rings. The van der Waals surface area contributed by atoms with Gasteiger partial charge in [0.05, 0.1) is 0 Å². The molecule has 8 heteroatoms. The molecule has 0 spiro atoms. The molecule has 2 heterocycles. The van der Waals surface area contributed by atoms with Crippen molar-refractivity contribution in [2.45, 2.75) is 25.8 Å². The molecule has 2 unspecified atom stereocenters. The van der Waals surface area contributed by atoms with Crippen LogP contribution < -0.4 is 5.73 Å². The van der Waals surface area contributed by atoms with Gasteiger partial charge in [0.25, 0.3) is 5.91 Å². The molecular formula is C17H22Cl2FN3OS. The van der Waals surface area contributed by atoms with Gasteiger partial charge in [-0.1, -0.05) is 19.1 Å². The summed E-state index contributed by atoms with van der Waals surface area (Å²) in [5.74, 6) is 0.149. The van der Waals surface area contributed by atoms with Gasteiger partial charge in [-0.15, -0.1) is 36.2 Å². The van der Waals surface area contributed by atoms with Crippen molar-refractivity contribution < 1.29 is 9.18 Å². The van der Waals surface area contributed by atoms with Crippen LogP contribution in [0.4, 0.5) is 4.39 Å². The average molecular weight is 406 g/mol. The number of thiazole rings is 1. The third kappa shape index (κ3) is 4.70. The van der Waals surface area contributed by atoms with Gasteiger partial charge in [0.1, 0.15) is 16.5 Å². The van der Waals surface area contributed by atoms with Gasteiger partial charge >= 0.3 is 0 Å². The number of carbonyl (C=O) groups is 1. The van der Waals surface area contributed by atoms with Crippen molar-refractivity contribution in [2.75, 3.05) is 13.1 Å². The fourth-order valence-electron chi connectivity index (χ4n) is 3.02. The van der Waals surface area contributed by atoms with Crippen molar-refractivity contribution in [3.05, 3.63) is 41.2 Å². The molecule has 1 fully saturated rings. The van der Waals surface area contributed by atoms with Gasteiger partial charge in [-0.25, -0.2) is 9.37 Å². The molecular weight excluding hydrogens is 384 g/mol. The van der Waals surface area contributed by atoms with Crippen LogP contribution in [-0.4, -0.2) is 34.9 Å². The Labute approximate surface area is 163 Å². The molecule has 0 saturated carbocycles. The highest BCUT2D eigenvalue weighted by atomic mass is 35.5. The highest BCUT2D eigenvalue weighted by Gasteiger charge is 2.30. The lowest BCUT2D eigenvalue weighted by Gasteiger charge is -2.37. The third-order valence-electron chi connectivity index (χ3n) is 4.34. The molecule has 1 aromatic heterocycles. The number of hydrogen-bond acceptors (Lipinski definition) is 4. The van der Waals surface area contributed by atoms with Crippen LogP contribution in [0.1, 0.15) is 30.3 Å². The van der Waals surface area contributed by atoms with Gasteiger partial charge in [-0.2, -0.15) is 0 Å². The Bertz CT molecular complexity index is 713. The van der Waals surface area contributed by atoms with Crippen LogP contribution >= 0.6 is 36.2 Å². The van der Waals surface area contributed by atoms with Crippen LogP contribution in [0.2, 0.25) is 0 Å². The Hall–Kier alpha value is -1.21. The number of rotatable bonds is 3. The van der Waals surface area contributed by atoms with Crippen LogP contribution in [0.3, 0.4) is 0 Å². The number of carbonyl (C=O) groups excluding carboxylic acids is 1. The van der Waals surface area contributed by atoms with Crippen molar-refractivity contribution in [3.63, 3.8) is 0 Å². The lowest BCUT2D eigenvalue weighted by atomic mass is 9.92. The first kappa shape index (κ1) is 21.8. The minimum atomic E-state index is -0.326. The summed E-state index contributed by atoms with van der Waals surface area (Å²) in [7, 11) is 0. The largest absolute Gasteiger partial charge is 0.333 e. The molecule has 3 rings (SSSR count). The van der Waals surface area contributed by atoms with E-state index in [1.54, 1.807) is 23.6 Å². The SMILES string of the molecule is CC1CCN(C(=O)c2csc(-c3ccccc3F)n2)C(CN)C1.Cl.Cl. The number of hydrogen-bond donors (Lipinski definition) is 1. The summed E-state index contributed by atoms with van der Waals surface area (Å²) in [6.07, 6.45) is 1.90. The summed E-state index contributed by atoms with van der Waals surface area (Å²) in [6.45, 7) is 3.35. The maximum atomic E-state index is 13.9. The zero-order valence-corrected chi connectivity index (χ0v) is 16.3. The first-order valence-electron chi connectivity index (χ1n) is 7.81. The second kappa shape index (κ2) is 9.48. The zero-order valence-electron chi connectivity index (χ0n) is 13.9.